The van der Waals surface area contributed by atoms with Crippen LogP contribution in [0.15, 0.2) is 78.9 Å². The second kappa shape index (κ2) is 11.0. The summed E-state index contributed by atoms with van der Waals surface area (Å²) < 4.78 is 11.2. The highest BCUT2D eigenvalue weighted by Crippen LogP contribution is 2.40. The molecule has 2 unspecified atom stereocenters. The highest BCUT2D eigenvalue weighted by molar-refractivity contribution is 5.41. The molecule has 0 aliphatic carbocycles. The van der Waals surface area contributed by atoms with Crippen LogP contribution in [-0.4, -0.2) is 43.2 Å². The van der Waals surface area contributed by atoms with Crippen LogP contribution in [0.2, 0.25) is 0 Å². The Hall–Kier alpha value is -3.38. The van der Waals surface area contributed by atoms with E-state index in [4.69, 9.17) is 9.47 Å². The van der Waals surface area contributed by atoms with Crippen LogP contribution in [0, 0.1) is 10.1 Å². The molecule has 0 amide bonds. The summed E-state index contributed by atoms with van der Waals surface area (Å²) in [5, 5.41) is 12.3. The van der Waals surface area contributed by atoms with Crippen LogP contribution in [-0.2, 0) is 0 Å². The highest BCUT2D eigenvalue weighted by Gasteiger charge is 2.35. The highest BCUT2D eigenvalue weighted by atomic mass is 16.6. The quantitative estimate of drug-likeness (QED) is 0.312. The van der Waals surface area contributed by atoms with Crippen molar-refractivity contribution in [1.82, 2.24) is 4.90 Å². The molecule has 1 aliphatic heterocycles. The van der Waals surface area contributed by atoms with Crippen molar-refractivity contribution in [3.8, 4) is 11.5 Å². The molecule has 0 radical (unpaired) electrons. The van der Waals surface area contributed by atoms with E-state index in [-0.39, 0.29) is 4.92 Å². The maximum absolute atomic E-state index is 12.3. The van der Waals surface area contributed by atoms with Crippen LogP contribution in [0.4, 0.5) is 0 Å². The SMILES string of the molecule is COc1ccc(C(c2ccc(OCCN3CCCC3)cc2)C(c2ccccc2)[N+](=O)[O-])cc1. The molecule has 172 valence electrons. The van der Waals surface area contributed by atoms with Crippen LogP contribution in [0.5, 0.6) is 11.5 Å². The third-order valence-electron chi connectivity index (χ3n) is 6.27. The van der Waals surface area contributed by atoms with E-state index >= 15 is 0 Å². The van der Waals surface area contributed by atoms with E-state index in [0.717, 1.165) is 42.3 Å². The molecule has 3 aromatic rings. The number of rotatable bonds is 10. The molecule has 0 N–H and O–H groups in total. The van der Waals surface area contributed by atoms with Crippen molar-refractivity contribution in [2.45, 2.75) is 24.8 Å². The zero-order valence-electron chi connectivity index (χ0n) is 18.9. The predicted octanol–water partition coefficient (Wildman–Crippen LogP) is 5.32. The third-order valence-corrected chi connectivity index (χ3v) is 6.27. The van der Waals surface area contributed by atoms with Crippen molar-refractivity contribution in [3.63, 3.8) is 0 Å². The lowest BCUT2D eigenvalue weighted by molar-refractivity contribution is -0.531. The Balaban J connectivity index is 1.60. The van der Waals surface area contributed by atoms with Gasteiger partial charge >= 0.3 is 0 Å². The van der Waals surface area contributed by atoms with Gasteiger partial charge in [-0.1, -0.05) is 54.6 Å². The van der Waals surface area contributed by atoms with Crippen molar-refractivity contribution in [2.75, 3.05) is 33.4 Å². The van der Waals surface area contributed by atoms with Crippen molar-refractivity contribution in [1.29, 1.82) is 0 Å². The zero-order chi connectivity index (χ0) is 23.0. The molecule has 33 heavy (non-hydrogen) atoms. The number of nitro groups is 1. The van der Waals surface area contributed by atoms with Gasteiger partial charge in [0.25, 0.3) is 0 Å². The van der Waals surface area contributed by atoms with Gasteiger partial charge in [-0.05, 0) is 61.3 Å². The Morgan fingerprint density at radius 3 is 1.97 bits per heavy atom. The molecule has 1 aliphatic rings. The standard InChI is InChI=1S/C27H30N2O4/c1-32-24-13-9-21(10-14-24)26(27(29(30)31)23-7-3-2-4-8-23)22-11-15-25(16-12-22)33-20-19-28-17-5-6-18-28/h2-4,7-16,26-27H,5-6,17-20H2,1H3. The fourth-order valence-electron chi connectivity index (χ4n) is 4.52. The first-order chi connectivity index (χ1) is 16.2. The van der Waals surface area contributed by atoms with Crippen molar-refractivity contribution < 1.29 is 14.4 Å². The van der Waals surface area contributed by atoms with Crippen molar-refractivity contribution in [3.05, 3.63) is 106 Å². The molecule has 1 saturated heterocycles. The van der Waals surface area contributed by atoms with E-state index in [1.54, 1.807) is 7.11 Å². The predicted molar refractivity (Wildman–Crippen MR) is 129 cm³/mol. The van der Waals surface area contributed by atoms with Crippen LogP contribution in [0.25, 0.3) is 0 Å². The van der Waals surface area contributed by atoms with Crippen LogP contribution < -0.4 is 9.47 Å². The molecule has 6 heteroatoms. The number of hydrogen-bond acceptors (Lipinski definition) is 5. The van der Waals surface area contributed by atoms with Gasteiger partial charge < -0.3 is 9.47 Å². The minimum atomic E-state index is -0.915. The van der Waals surface area contributed by atoms with Gasteiger partial charge in [-0.2, -0.15) is 0 Å². The summed E-state index contributed by atoms with van der Waals surface area (Å²) in [6.07, 6.45) is 2.53. The van der Waals surface area contributed by atoms with Gasteiger partial charge in [0, 0.05) is 17.0 Å². The number of likely N-dealkylation sites (tertiary alicyclic amines) is 1. The molecule has 0 saturated carbocycles. The maximum atomic E-state index is 12.3. The summed E-state index contributed by atoms with van der Waals surface area (Å²) in [5.41, 5.74) is 2.41. The smallest absolute Gasteiger partial charge is 0.248 e. The molecule has 0 spiro atoms. The number of benzene rings is 3. The molecular weight excluding hydrogens is 416 g/mol. The second-order valence-corrected chi connectivity index (χ2v) is 8.36. The average Bonchev–Trinajstić information content (AvgIpc) is 3.37. The lowest BCUT2D eigenvalue weighted by Gasteiger charge is -2.23. The van der Waals surface area contributed by atoms with E-state index in [0.29, 0.717) is 12.2 Å². The van der Waals surface area contributed by atoms with Gasteiger partial charge in [-0.25, -0.2) is 0 Å². The van der Waals surface area contributed by atoms with Gasteiger partial charge in [0.2, 0.25) is 6.04 Å². The Morgan fingerprint density at radius 1 is 0.848 bits per heavy atom. The number of ether oxygens (including phenoxy) is 2. The summed E-state index contributed by atoms with van der Waals surface area (Å²) in [6.45, 7) is 3.86. The summed E-state index contributed by atoms with van der Waals surface area (Å²) in [4.78, 5) is 14.5. The first kappa shape index (κ1) is 22.8. The van der Waals surface area contributed by atoms with Gasteiger partial charge in [-0.3, -0.25) is 15.0 Å². The Kier molecular flexibility index (Phi) is 7.58. The van der Waals surface area contributed by atoms with Crippen LogP contribution >= 0.6 is 0 Å². The second-order valence-electron chi connectivity index (χ2n) is 8.36. The summed E-state index contributed by atoms with van der Waals surface area (Å²) >= 11 is 0. The molecule has 3 aromatic carbocycles. The molecule has 4 rings (SSSR count). The number of hydrogen-bond donors (Lipinski definition) is 0. The largest absolute Gasteiger partial charge is 0.497 e. The maximum Gasteiger partial charge on any atom is 0.248 e. The van der Waals surface area contributed by atoms with E-state index in [9.17, 15) is 10.1 Å². The molecule has 0 bridgehead atoms. The fourth-order valence-corrected chi connectivity index (χ4v) is 4.52. The Morgan fingerprint density at radius 2 is 1.42 bits per heavy atom. The minimum absolute atomic E-state index is 0.190. The van der Waals surface area contributed by atoms with E-state index in [1.807, 2.05) is 78.9 Å². The Bertz CT molecular complexity index is 1020. The van der Waals surface area contributed by atoms with E-state index in [1.165, 1.54) is 12.8 Å². The average molecular weight is 447 g/mol. The van der Waals surface area contributed by atoms with Crippen molar-refractivity contribution in [2.24, 2.45) is 0 Å². The molecule has 1 fully saturated rings. The molecule has 2 atom stereocenters. The van der Waals surface area contributed by atoms with Gasteiger partial charge in [0.15, 0.2) is 0 Å². The summed E-state index contributed by atoms with van der Waals surface area (Å²) in [6, 6.07) is 23.5. The summed E-state index contributed by atoms with van der Waals surface area (Å²) in [7, 11) is 1.61. The van der Waals surface area contributed by atoms with Gasteiger partial charge in [0.05, 0.1) is 13.0 Å². The van der Waals surface area contributed by atoms with Gasteiger partial charge in [-0.15, -0.1) is 0 Å². The number of methoxy groups -OCH3 is 1. The number of nitrogens with zero attached hydrogens (tertiary/aromatic N) is 2. The zero-order valence-corrected chi connectivity index (χ0v) is 18.9. The van der Waals surface area contributed by atoms with Gasteiger partial charge in [0.1, 0.15) is 18.1 Å². The third kappa shape index (κ3) is 5.71. The first-order valence-electron chi connectivity index (χ1n) is 11.4. The lowest BCUT2D eigenvalue weighted by atomic mass is 9.82. The fraction of sp³-hybridized carbons (Fsp3) is 0.333. The topological polar surface area (TPSA) is 64.8 Å². The first-order valence-corrected chi connectivity index (χ1v) is 11.4. The molecule has 1 heterocycles. The van der Waals surface area contributed by atoms with Crippen LogP contribution in [0.3, 0.4) is 0 Å². The normalized spacial score (nSPS) is 15.7. The molecule has 6 nitrogen and oxygen atoms in total. The minimum Gasteiger partial charge on any atom is -0.497 e. The van der Waals surface area contributed by atoms with E-state index < -0.39 is 12.0 Å². The molecular formula is C27H30N2O4. The monoisotopic (exact) mass is 446 g/mol. The molecule has 0 aromatic heterocycles. The lowest BCUT2D eigenvalue weighted by Crippen LogP contribution is -2.25. The van der Waals surface area contributed by atoms with Crippen LogP contribution in [0.1, 0.15) is 41.5 Å². The van der Waals surface area contributed by atoms with Crippen molar-refractivity contribution >= 4 is 0 Å². The summed E-state index contributed by atoms with van der Waals surface area (Å²) in [5.74, 6) is 1.05. The Labute approximate surface area is 194 Å². The van der Waals surface area contributed by atoms with E-state index in [2.05, 4.69) is 4.90 Å².